The number of fused-ring (bicyclic) bond motifs is 1. The Labute approximate surface area is 139 Å². The molecule has 1 aromatic carbocycles. The first-order chi connectivity index (χ1) is 11.0. The van der Waals surface area contributed by atoms with Crippen molar-refractivity contribution in [3.8, 4) is 5.75 Å². The van der Waals surface area contributed by atoms with Crippen LogP contribution in [-0.4, -0.2) is 24.5 Å². The Kier molecular flexibility index (Phi) is 4.13. The maximum atomic E-state index is 12.2. The molecule has 0 saturated carbocycles. The van der Waals surface area contributed by atoms with E-state index < -0.39 is 0 Å². The van der Waals surface area contributed by atoms with E-state index in [4.69, 9.17) is 4.74 Å². The molecule has 0 bridgehead atoms. The maximum Gasteiger partial charge on any atom is 0.261 e. The van der Waals surface area contributed by atoms with Gasteiger partial charge in [-0.3, -0.25) is 4.79 Å². The SMILES string of the molecule is COc1ccc2[nH]cc(C(C)(C)CNC(=O)c3cccs3)c2c1. The zero-order valence-corrected chi connectivity index (χ0v) is 14.3. The first-order valence-corrected chi connectivity index (χ1v) is 8.36. The molecule has 0 unspecified atom stereocenters. The van der Waals surface area contributed by atoms with E-state index in [-0.39, 0.29) is 11.3 Å². The second kappa shape index (κ2) is 6.08. The van der Waals surface area contributed by atoms with E-state index >= 15 is 0 Å². The molecule has 0 aliphatic heterocycles. The first-order valence-electron chi connectivity index (χ1n) is 7.48. The average molecular weight is 328 g/mol. The van der Waals surface area contributed by atoms with Crippen molar-refractivity contribution >= 4 is 28.1 Å². The van der Waals surface area contributed by atoms with Crippen LogP contribution in [-0.2, 0) is 5.41 Å². The van der Waals surface area contributed by atoms with Gasteiger partial charge in [0.15, 0.2) is 0 Å². The van der Waals surface area contributed by atoms with Gasteiger partial charge in [-0.05, 0) is 35.2 Å². The van der Waals surface area contributed by atoms with Crippen LogP contribution in [0.3, 0.4) is 0 Å². The van der Waals surface area contributed by atoms with Crippen molar-refractivity contribution < 1.29 is 9.53 Å². The number of hydrogen-bond donors (Lipinski definition) is 2. The fourth-order valence-corrected chi connectivity index (χ4v) is 3.32. The maximum absolute atomic E-state index is 12.2. The van der Waals surface area contributed by atoms with E-state index in [1.807, 2.05) is 41.9 Å². The number of H-pyrrole nitrogens is 1. The summed E-state index contributed by atoms with van der Waals surface area (Å²) in [6.45, 7) is 4.82. The molecule has 0 saturated heterocycles. The summed E-state index contributed by atoms with van der Waals surface area (Å²) in [5, 5.41) is 6.07. The number of nitrogens with one attached hydrogen (secondary N) is 2. The van der Waals surface area contributed by atoms with E-state index in [2.05, 4.69) is 24.1 Å². The normalized spacial score (nSPS) is 11.6. The van der Waals surface area contributed by atoms with Crippen LogP contribution in [0, 0.1) is 0 Å². The van der Waals surface area contributed by atoms with E-state index in [1.54, 1.807) is 7.11 Å². The molecule has 3 rings (SSSR count). The topological polar surface area (TPSA) is 54.1 Å². The molecule has 0 fully saturated rings. The Balaban J connectivity index is 1.83. The van der Waals surface area contributed by atoms with E-state index in [0.29, 0.717) is 6.54 Å². The van der Waals surface area contributed by atoms with Gasteiger partial charge in [0.2, 0.25) is 0 Å². The van der Waals surface area contributed by atoms with Gasteiger partial charge in [-0.15, -0.1) is 11.3 Å². The van der Waals surface area contributed by atoms with Crippen molar-refractivity contribution in [2.45, 2.75) is 19.3 Å². The number of ether oxygens (including phenoxy) is 1. The molecule has 23 heavy (non-hydrogen) atoms. The number of carbonyl (C=O) groups is 1. The summed E-state index contributed by atoms with van der Waals surface area (Å²) >= 11 is 1.45. The van der Waals surface area contributed by atoms with Gasteiger partial charge in [0, 0.05) is 29.1 Å². The third-order valence-corrected chi connectivity index (χ3v) is 4.92. The molecule has 5 heteroatoms. The number of methoxy groups -OCH3 is 1. The van der Waals surface area contributed by atoms with E-state index in [1.165, 1.54) is 11.3 Å². The van der Waals surface area contributed by atoms with Gasteiger partial charge in [-0.25, -0.2) is 0 Å². The number of hydrogen-bond acceptors (Lipinski definition) is 3. The molecule has 0 atom stereocenters. The van der Waals surface area contributed by atoms with Crippen molar-refractivity contribution in [2.24, 2.45) is 0 Å². The average Bonchev–Trinajstić information content (AvgIpc) is 3.21. The van der Waals surface area contributed by atoms with Crippen LogP contribution in [0.1, 0.15) is 29.1 Å². The van der Waals surface area contributed by atoms with Gasteiger partial charge in [0.25, 0.3) is 5.91 Å². The fourth-order valence-electron chi connectivity index (χ4n) is 2.68. The number of aromatic nitrogens is 1. The van der Waals surface area contributed by atoms with Gasteiger partial charge < -0.3 is 15.0 Å². The van der Waals surface area contributed by atoms with Crippen LogP contribution >= 0.6 is 11.3 Å². The van der Waals surface area contributed by atoms with Crippen molar-refractivity contribution in [3.05, 3.63) is 52.3 Å². The van der Waals surface area contributed by atoms with Crippen LogP contribution in [0.4, 0.5) is 0 Å². The summed E-state index contributed by atoms with van der Waals surface area (Å²) in [5.74, 6) is 0.808. The zero-order valence-electron chi connectivity index (χ0n) is 13.5. The number of aromatic amines is 1. The van der Waals surface area contributed by atoms with Gasteiger partial charge in [0.1, 0.15) is 5.75 Å². The molecule has 0 radical (unpaired) electrons. The van der Waals surface area contributed by atoms with Crippen molar-refractivity contribution in [1.82, 2.24) is 10.3 Å². The quantitative estimate of drug-likeness (QED) is 0.745. The molecule has 3 aromatic rings. The minimum Gasteiger partial charge on any atom is -0.497 e. The minimum atomic E-state index is -0.197. The van der Waals surface area contributed by atoms with Crippen LogP contribution in [0.5, 0.6) is 5.75 Å². The summed E-state index contributed by atoms with van der Waals surface area (Å²) in [7, 11) is 1.67. The van der Waals surface area contributed by atoms with Gasteiger partial charge >= 0.3 is 0 Å². The molecule has 1 amide bonds. The largest absolute Gasteiger partial charge is 0.497 e. The minimum absolute atomic E-state index is 0.0227. The summed E-state index contributed by atoms with van der Waals surface area (Å²) in [5.41, 5.74) is 2.04. The third kappa shape index (κ3) is 3.10. The lowest BCUT2D eigenvalue weighted by atomic mass is 9.84. The van der Waals surface area contributed by atoms with E-state index in [0.717, 1.165) is 27.1 Å². The molecule has 4 nitrogen and oxygen atoms in total. The molecular weight excluding hydrogens is 308 g/mol. The van der Waals surface area contributed by atoms with Gasteiger partial charge in [0.05, 0.1) is 12.0 Å². The summed E-state index contributed by atoms with van der Waals surface area (Å²) in [6.07, 6.45) is 2.02. The Morgan fingerprint density at radius 2 is 2.17 bits per heavy atom. The predicted molar refractivity (Wildman–Crippen MR) is 94.5 cm³/mol. The molecule has 2 aromatic heterocycles. The molecule has 2 N–H and O–H groups in total. The lowest BCUT2D eigenvalue weighted by Crippen LogP contribution is -2.36. The van der Waals surface area contributed by atoms with Crippen molar-refractivity contribution in [1.29, 1.82) is 0 Å². The third-order valence-electron chi connectivity index (χ3n) is 4.05. The lowest BCUT2D eigenvalue weighted by molar-refractivity contribution is 0.0950. The number of thiophene rings is 1. The Morgan fingerprint density at radius 1 is 1.35 bits per heavy atom. The second-order valence-corrected chi connectivity index (χ2v) is 7.11. The molecule has 2 heterocycles. The monoisotopic (exact) mass is 328 g/mol. The second-order valence-electron chi connectivity index (χ2n) is 6.16. The molecule has 0 aliphatic rings. The number of benzene rings is 1. The Morgan fingerprint density at radius 3 is 2.87 bits per heavy atom. The molecular formula is C18H20N2O2S. The summed E-state index contributed by atoms with van der Waals surface area (Å²) in [4.78, 5) is 16.2. The summed E-state index contributed by atoms with van der Waals surface area (Å²) in [6, 6.07) is 9.70. The number of carbonyl (C=O) groups excluding carboxylic acids is 1. The smallest absolute Gasteiger partial charge is 0.261 e. The van der Waals surface area contributed by atoms with Crippen LogP contribution < -0.4 is 10.1 Å². The summed E-state index contributed by atoms with van der Waals surface area (Å²) < 4.78 is 5.32. The van der Waals surface area contributed by atoms with Crippen LogP contribution in [0.15, 0.2) is 41.9 Å². The van der Waals surface area contributed by atoms with Crippen molar-refractivity contribution in [3.63, 3.8) is 0 Å². The van der Waals surface area contributed by atoms with Crippen LogP contribution in [0.2, 0.25) is 0 Å². The molecule has 0 aliphatic carbocycles. The predicted octanol–water partition coefficient (Wildman–Crippen LogP) is 3.95. The van der Waals surface area contributed by atoms with E-state index in [9.17, 15) is 4.79 Å². The van der Waals surface area contributed by atoms with Gasteiger partial charge in [-0.2, -0.15) is 0 Å². The number of rotatable bonds is 5. The Hall–Kier alpha value is -2.27. The highest BCUT2D eigenvalue weighted by Crippen LogP contribution is 2.32. The highest BCUT2D eigenvalue weighted by Gasteiger charge is 2.25. The fraction of sp³-hybridized carbons (Fsp3) is 0.278. The zero-order chi connectivity index (χ0) is 16.4. The standard InChI is InChI=1S/C18H20N2O2S/c1-18(2,11-20-17(21)16-5-4-8-23-16)14-10-19-15-7-6-12(22-3)9-13(14)15/h4-10,19H,11H2,1-3H3,(H,20,21). The van der Waals surface area contributed by atoms with Crippen molar-refractivity contribution in [2.75, 3.05) is 13.7 Å². The Bertz CT molecular complexity index is 819. The highest BCUT2D eigenvalue weighted by atomic mass is 32.1. The number of amides is 1. The first kappa shape index (κ1) is 15.6. The molecule has 120 valence electrons. The lowest BCUT2D eigenvalue weighted by Gasteiger charge is -2.25. The van der Waals surface area contributed by atoms with Gasteiger partial charge in [-0.1, -0.05) is 19.9 Å². The molecule has 0 spiro atoms. The van der Waals surface area contributed by atoms with Crippen LogP contribution in [0.25, 0.3) is 10.9 Å². The highest BCUT2D eigenvalue weighted by molar-refractivity contribution is 7.12.